The van der Waals surface area contributed by atoms with Crippen molar-refractivity contribution in [2.75, 3.05) is 66.1 Å². The van der Waals surface area contributed by atoms with Crippen molar-refractivity contribution in [1.29, 1.82) is 0 Å². The van der Waals surface area contributed by atoms with Crippen LogP contribution < -0.4 is 21.3 Å². The second kappa shape index (κ2) is 47.8. The van der Waals surface area contributed by atoms with E-state index >= 15 is 0 Å². The second-order valence-electron chi connectivity index (χ2n) is 33.9. The van der Waals surface area contributed by atoms with E-state index in [-0.39, 0.29) is 0 Å². The van der Waals surface area contributed by atoms with Crippen molar-refractivity contribution in [3.8, 4) is 0 Å². The molecule has 780 valence electrons. The number of ether oxygens (including phenoxy) is 19. The van der Waals surface area contributed by atoms with Gasteiger partial charge < -0.3 is 275 Å². The number of carbonyl (C=O) groups is 6. The minimum absolute atomic E-state index is 0.840. The molecule has 36 N–H and O–H groups in total. The van der Waals surface area contributed by atoms with Gasteiger partial charge >= 0.3 is 11.9 Å². The molecule has 0 spiro atoms. The van der Waals surface area contributed by atoms with Gasteiger partial charge in [0.25, 0.3) is 11.6 Å². The molecule has 10 aliphatic heterocycles. The summed E-state index contributed by atoms with van der Waals surface area (Å²) >= 11 is 0. The van der Waals surface area contributed by atoms with Gasteiger partial charge in [0.15, 0.2) is 50.3 Å². The van der Waals surface area contributed by atoms with Crippen LogP contribution in [0, 0.1) is 0 Å². The third-order valence-electron chi connectivity index (χ3n) is 24.4. The van der Waals surface area contributed by atoms with Crippen LogP contribution in [0.25, 0.3) is 0 Å². The van der Waals surface area contributed by atoms with E-state index in [0.29, 0.717) is 0 Å². The summed E-state index contributed by atoms with van der Waals surface area (Å²) in [6.45, 7) is -8.64. The highest BCUT2D eigenvalue weighted by Gasteiger charge is 2.66. The first-order valence-electron chi connectivity index (χ1n) is 42.4. The molecule has 52 atom stereocenters. The third kappa shape index (κ3) is 24.5. The summed E-state index contributed by atoms with van der Waals surface area (Å²) in [6.07, 6.45) is -107. The number of aliphatic hydroxyl groups excluding tert-OH is 30. The van der Waals surface area contributed by atoms with E-state index in [2.05, 4.69) is 21.3 Å². The third-order valence-corrected chi connectivity index (χ3v) is 24.4. The summed E-state index contributed by atoms with van der Waals surface area (Å²) in [7, 11) is 0. The zero-order valence-corrected chi connectivity index (χ0v) is 71.9. The summed E-state index contributed by atoms with van der Waals surface area (Å²) < 4.78 is 111. The van der Waals surface area contributed by atoms with Crippen LogP contribution in [-0.4, -0.2) is 583 Å². The number of carboxylic acid groups (broad SMARTS) is 2. The number of hydrogen-bond donors (Lipinski definition) is 36. The number of aliphatic carboxylic acids is 2. The van der Waals surface area contributed by atoms with E-state index < -0.39 is 432 Å². The molecule has 61 nitrogen and oxygen atoms in total. The van der Waals surface area contributed by atoms with Crippen LogP contribution >= 0.6 is 0 Å². The molecule has 10 aliphatic rings. The predicted octanol–water partition coefficient (Wildman–Crippen LogP) is -23.8. The number of rotatable bonds is 38. The maximum Gasteiger partial charge on any atom is 0.364 e. The zero-order chi connectivity index (χ0) is 100. The predicted molar refractivity (Wildman–Crippen MR) is 410 cm³/mol. The lowest BCUT2D eigenvalue weighted by atomic mass is 9.88. The first-order chi connectivity index (χ1) is 63.5. The van der Waals surface area contributed by atoms with Crippen molar-refractivity contribution in [3.63, 3.8) is 0 Å². The first kappa shape index (κ1) is 112. The Kier molecular flexibility index (Phi) is 39.6. The molecular weight excluding hydrogens is 1860 g/mol. The highest BCUT2D eigenvalue weighted by molar-refractivity contribution is 5.78. The zero-order valence-electron chi connectivity index (χ0n) is 71.9. The first-order valence-corrected chi connectivity index (χ1v) is 42.4. The van der Waals surface area contributed by atoms with Crippen molar-refractivity contribution in [2.24, 2.45) is 0 Å². The van der Waals surface area contributed by atoms with E-state index in [9.17, 15) is 192 Å². The van der Waals surface area contributed by atoms with Crippen LogP contribution in [0.4, 0.5) is 0 Å². The molecule has 10 heterocycles. The smallest absolute Gasteiger partial charge is 0.364 e. The normalized spacial score (nSPS) is 47.0. The second-order valence-corrected chi connectivity index (χ2v) is 33.9. The molecule has 10 fully saturated rings. The number of hydrogen-bond acceptors (Lipinski definition) is 55. The molecule has 0 unspecified atom stereocenters. The molecule has 0 saturated carbocycles. The van der Waals surface area contributed by atoms with E-state index in [1.54, 1.807) is 0 Å². The van der Waals surface area contributed by atoms with E-state index in [1.807, 2.05) is 0 Å². The van der Waals surface area contributed by atoms with E-state index in [1.165, 1.54) is 0 Å². The Morgan fingerprint density at radius 1 is 0.304 bits per heavy atom. The SMILES string of the molecule is CC(=O)N[C@H]1[C@H](O[C@@H]2[C@@H](O)[C@H](O)O[C@H](CO)[C@@H]2O)O[C@H](CO[C@@H]2O[C@H](CO)[C@@H](O[C@@H]3O[C@H](CO)[C@H](O)[C@H](O[C@@H]4O[C@H](CO[C@@H]5O[C@H](CO)[C@@H](O)[C@H](O)[C@H]5O)[C@@H](O[C@@H]5O[C@H](CO)[C@H](O)[C@H](O[C@]6(C(=O)O)C[C@H](O)[C@@H](NC(C)=O)[C@H]([C@H](O)[C@H](O)CO)O6)[C@H]5O)[C@H](O)[C@H]4NC(C)=O)[C@H]3O)[C@H](O)[C@H]2O)[C@@H](O[C@@H]2O[C@H](CO)[C@H](O)[C@H](O[C@]3(C(=O)O)C[C@H](O)[C@@H](NC(C)=O)[C@H]([C@H](O)[C@H](O)CO)O3)[C@H]2O)[C@@H]1O. The fourth-order valence-electron chi connectivity index (χ4n) is 17.3. The maximum absolute atomic E-state index is 13.4. The highest BCUT2D eigenvalue weighted by atomic mass is 16.8. The van der Waals surface area contributed by atoms with Crippen LogP contribution in [0.3, 0.4) is 0 Å². The number of nitrogens with one attached hydrogen (secondary N) is 4. The summed E-state index contributed by atoms with van der Waals surface area (Å²) in [6, 6.07) is -7.84. The van der Waals surface area contributed by atoms with Crippen LogP contribution in [0.2, 0.25) is 0 Å². The lowest BCUT2D eigenvalue weighted by molar-refractivity contribution is -0.394. The van der Waals surface area contributed by atoms with Gasteiger partial charge in [-0.2, -0.15) is 0 Å². The van der Waals surface area contributed by atoms with Crippen molar-refractivity contribution in [2.45, 2.75) is 359 Å². The van der Waals surface area contributed by atoms with Crippen LogP contribution in [0.1, 0.15) is 40.5 Å². The molecule has 0 aromatic carbocycles. The summed E-state index contributed by atoms with van der Waals surface area (Å²) in [4.78, 5) is 77.8. The molecule has 10 saturated heterocycles. The van der Waals surface area contributed by atoms with Gasteiger partial charge in [-0.1, -0.05) is 0 Å². The van der Waals surface area contributed by atoms with Gasteiger partial charge in [-0.3, -0.25) is 19.2 Å². The van der Waals surface area contributed by atoms with E-state index in [4.69, 9.17) is 90.0 Å². The van der Waals surface area contributed by atoms with Crippen LogP contribution in [-0.2, 0) is 119 Å². The Hall–Kier alpha value is -5.14. The van der Waals surface area contributed by atoms with Gasteiger partial charge in [0.2, 0.25) is 23.6 Å². The molecule has 0 aromatic rings. The Morgan fingerprint density at radius 2 is 0.585 bits per heavy atom. The van der Waals surface area contributed by atoms with Crippen molar-refractivity contribution >= 4 is 35.6 Å². The summed E-state index contributed by atoms with van der Waals surface area (Å²) in [5, 5.41) is 366. The average Bonchev–Trinajstić information content (AvgIpc) is 0.758. The maximum atomic E-state index is 13.4. The standard InChI is InChI=1S/C74H122N4O57/c1-17(87)75-33-21(91)5-73(71(113)114,132-57(33)37(95)23(93)7-79)134-61-42(100)28(12-84)122-69(52(61)110)128-55-31(15-117-66-48(106)46(104)39(97)25(9-81)120-66)126-65(36(45(55)103)78-20(4)90)131-60-41(99)27(11-83)121-68(51(60)109)127-54-30(14-86)124-67(49(107)47(54)105)118-16-32-56(44(102)35(77-19(3)89)64(125-32)130-59-40(98)26(10-82)119-63(112)50(59)108)129-70-53(111)62(43(101)29(13-85)123-70)135-74(72(115)116)6-22(92)34(76-18(2)88)58(133-74)38(96)24(94)8-80/h21-70,79-86,91-112H,5-16H2,1-4H3,(H,75,87)(H,76,88)(H,77,89)(H,78,90)(H,113,114)(H,115,116)/t21-,22-,23+,24+,25+,26+,27+,28+,29+,30+,31+,32+,33+,34+,35+,36+,37+,38+,39+,40-,41-,42-,43-,44+,45+,46-,47+,48+,49+,50+,51+,52+,53+,54+,55+,56+,57+,58+,59-,60-,61-,62-,63+,64-,65-,66+,67+,68-,69-,70-,73-,74-/m0/s1. The molecule has 10 rings (SSSR count). The molecule has 0 aliphatic carbocycles. The van der Waals surface area contributed by atoms with Gasteiger partial charge in [0, 0.05) is 40.5 Å². The molecule has 135 heavy (non-hydrogen) atoms. The number of carboxylic acids is 2. The summed E-state index contributed by atoms with van der Waals surface area (Å²) in [5.74, 6) is -15.1. The quantitative estimate of drug-likeness (QED) is 0.0273. The van der Waals surface area contributed by atoms with Gasteiger partial charge in [-0.05, 0) is 0 Å². The number of carbonyl (C=O) groups excluding carboxylic acids is 4. The van der Waals surface area contributed by atoms with Gasteiger partial charge in [-0.15, -0.1) is 0 Å². The van der Waals surface area contributed by atoms with Crippen LogP contribution in [0.5, 0.6) is 0 Å². The minimum Gasteiger partial charge on any atom is -0.477 e. The molecular formula is C74H122N4O57. The lowest BCUT2D eigenvalue weighted by Crippen LogP contribution is -2.71. The van der Waals surface area contributed by atoms with Crippen LogP contribution in [0.15, 0.2) is 0 Å². The Morgan fingerprint density at radius 3 is 0.926 bits per heavy atom. The Bertz CT molecular complexity index is 3790. The average molecular weight is 1980 g/mol. The molecule has 61 heteroatoms. The minimum atomic E-state index is -3.38. The molecule has 0 radical (unpaired) electrons. The number of amides is 4. The molecule has 4 amide bonds. The largest absolute Gasteiger partial charge is 0.477 e. The fraction of sp³-hybridized carbons (Fsp3) is 0.919. The van der Waals surface area contributed by atoms with Crippen molar-refractivity contribution < 1.29 is 282 Å². The monoisotopic (exact) mass is 1980 g/mol. The lowest BCUT2D eigenvalue weighted by Gasteiger charge is -2.51. The number of aliphatic hydroxyl groups is 30. The Labute approximate surface area is 761 Å². The fourth-order valence-corrected chi connectivity index (χ4v) is 17.3. The van der Waals surface area contributed by atoms with Gasteiger partial charge in [0.05, 0.1) is 90.4 Å². The highest BCUT2D eigenvalue weighted by Crippen LogP contribution is 2.44. The molecule has 0 bridgehead atoms. The topological polar surface area (TPSA) is 973 Å². The van der Waals surface area contributed by atoms with Crippen molar-refractivity contribution in [3.05, 3.63) is 0 Å². The van der Waals surface area contributed by atoms with Gasteiger partial charge in [-0.25, -0.2) is 9.59 Å². The Balaban J connectivity index is 0.924. The van der Waals surface area contributed by atoms with Crippen molar-refractivity contribution in [1.82, 2.24) is 21.3 Å². The molecule has 0 aromatic heterocycles. The van der Waals surface area contributed by atoms with Gasteiger partial charge in [0.1, 0.15) is 232 Å². The summed E-state index contributed by atoms with van der Waals surface area (Å²) in [5.41, 5.74) is 0. The van der Waals surface area contributed by atoms with E-state index in [0.717, 1.165) is 27.7 Å².